The summed E-state index contributed by atoms with van der Waals surface area (Å²) < 4.78 is 0. The highest BCUT2D eigenvalue weighted by Gasteiger charge is 2.18. The molecule has 42 heavy (non-hydrogen) atoms. The van der Waals surface area contributed by atoms with Crippen LogP contribution in [0.3, 0.4) is 0 Å². The molecular formula is C42H40. The lowest BCUT2D eigenvalue weighted by molar-refractivity contribution is 1.10. The van der Waals surface area contributed by atoms with Crippen LogP contribution >= 0.6 is 0 Å². The van der Waals surface area contributed by atoms with Crippen LogP contribution in [0.15, 0.2) is 145 Å². The summed E-state index contributed by atoms with van der Waals surface area (Å²) in [6.07, 6.45) is 9.80. The van der Waals surface area contributed by atoms with Crippen molar-refractivity contribution < 1.29 is 0 Å². The summed E-state index contributed by atoms with van der Waals surface area (Å²) in [7, 11) is 0. The van der Waals surface area contributed by atoms with Crippen LogP contribution < -0.4 is 0 Å². The van der Waals surface area contributed by atoms with Crippen LogP contribution in [0.2, 0.25) is 0 Å². The number of rotatable bonds is 6. The summed E-state index contributed by atoms with van der Waals surface area (Å²) in [5, 5.41) is 7.67. The number of hydrogen-bond donors (Lipinski definition) is 0. The van der Waals surface area contributed by atoms with Crippen molar-refractivity contribution in [3.63, 3.8) is 0 Å². The van der Waals surface area contributed by atoms with E-state index in [0.717, 1.165) is 6.42 Å². The number of benzene rings is 6. The minimum atomic E-state index is 1.04. The Bertz CT molecular complexity index is 1880. The Morgan fingerprint density at radius 1 is 0.619 bits per heavy atom. The van der Waals surface area contributed by atoms with E-state index in [1.165, 1.54) is 71.3 Å². The van der Waals surface area contributed by atoms with Gasteiger partial charge in [0, 0.05) is 0 Å². The fraction of sp³-hybridized carbons (Fsp3) is 0.143. The molecule has 0 bridgehead atoms. The molecule has 0 unspecified atom stereocenters. The van der Waals surface area contributed by atoms with Crippen molar-refractivity contribution in [2.24, 2.45) is 0 Å². The van der Waals surface area contributed by atoms with E-state index in [1.54, 1.807) is 0 Å². The van der Waals surface area contributed by atoms with Gasteiger partial charge in [0.05, 0.1) is 0 Å². The molecule has 0 aliphatic rings. The first-order chi connectivity index (χ1) is 20.7. The maximum Gasteiger partial charge on any atom is -0.00201 e. The second kappa shape index (κ2) is 13.3. The minimum Gasteiger partial charge on any atom is -0.0876 e. The molecular weight excluding hydrogens is 504 g/mol. The SMILES string of the molecule is C/C=C\C=C(/C=C(C)CC)c1cccc(-c2c3ccccc3c(-c3cccc4ccccc34)c3ccccc23)c1.CC. The third-order valence-corrected chi connectivity index (χ3v) is 7.90. The van der Waals surface area contributed by atoms with Gasteiger partial charge in [-0.2, -0.15) is 0 Å². The van der Waals surface area contributed by atoms with E-state index < -0.39 is 0 Å². The van der Waals surface area contributed by atoms with E-state index in [9.17, 15) is 0 Å². The van der Waals surface area contributed by atoms with Crippen LogP contribution in [0.25, 0.3) is 60.1 Å². The second-order valence-corrected chi connectivity index (χ2v) is 10.4. The van der Waals surface area contributed by atoms with E-state index in [1.807, 2.05) is 13.8 Å². The van der Waals surface area contributed by atoms with Crippen molar-refractivity contribution in [3.8, 4) is 22.3 Å². The average Bonchev–Trinajstić information content (AvgIpc) is 3.06. The summed E-state index contributed by atoms with van der Waals surface area (Å²) in [6, 6.07) is 42.3. The Labute approximate surface area is 251 Å². The predicted octanol–water partition coefficient (Wildman–Crippen LogP) is 12.8. The molecule has 6 aromatic carbocycles. The number of fused-ring (bicyclic) bond motifs is 3. The van der Waals surface area contributed by atoms with Crippen molar-refractivity contribution in [2.75, 3.05) is 0 Å². The van der Waals surface area contributed by atoms with Gasteiger partial charge in [0.15, 0.2) is 0 Å². The minimum absolute atomic E-state index is 1.04. The van der Waals surface area contributed by atoms with E-state index in [0.29, 0.717) is 0 Å². The van der Waals surface area contributed by atoms with Gasteiger partial charge in [-0.05, 0) is 92.0 Å². The molecule has 0 aromatic heterocycles. The molecule has 0 fully saturated rings. The zero-order valence-electron chi connectivity index (χ0n) is 25.5. The first-order valence-electron chi connectivity index (χ1n) is 15.2. The molecule has 0 radical (unpaired) electrons. The molecule has 0 N–H and O–H groups in total. The topological polar surface area (TPSA) is 0 Å². The first kappa shape index (κ1) is 28.8. The Balaban J connectivity index is 0.00000173. The third-order valence-electron chi connectivity index (χ3n) is 7.90. The highest BCUT2D eigenvalue weighted by Crippen LogP contribution is 2.45. The van der Waals surface area contributed by atoms with Crippen LogP contribution in [0.5, 0.6) is 0 Å². The Kier molecular flexibility index (Phi) is 9.15. The lowest BCUT2D eigenvalue weighted by atomic mass is 9.84. The van der Waals surface area contributed by atoms with Gasteiger partial charge < -0.3 is 0 Å². The van der Waals surface area contributed by atoms with Crippen LogP contribution in [0, 0.1) is 0 Å². The van der Waals surface area contributed by atoms with Gasteiger partial charge in [0.1, 0.15) is 0 Å². The molecule has 6 rings (SSSR count). The van der Waals surface area contributed by atoms with Gasteiger partial charge in [0.25, 0.3) is 0 Å². The van der Waals surface area contributed by atoms with Gasteiger partial charge >= 0.3 is 0 Å². The lowest BCUT2D eigenvalue weighted by Gasteiger charge is -2.19. The number of allylic oxidation sites excluding steroid dienone is 6. The average molecular weight is 545 g/mol. The van der Waals surface area contributed by atoms with Crippen molar-refractivity contribution in [3.05, 3.63) is 151 Å². The molecule has 0 aliphatic heterocycles. The first-order valence-corrected chi connectivity index (χ1v) is 15.2. The molecule has 0 saturated heterocycles. The fourth-order valence-corrected chi connectivity index (χ4v) is 5.82. The van der Waals surface area contributed by atoms with E-state index in [2.05, 4.69) is 160 Å². The van der Waals surface area contributed by atoms with Crippen molar-refractivity contribution in [1.29, 1.82) is 0 Å². The molecule has 0 aliphatic carbocycles. The van der Waals surface area contributed by atoms with Crippen LogP contribution in [0.1, 0.15) is 46.6 Å². The maximum atomic E-state index is 2.36. The molecule has 0 atom stereocenters. The Hall–Kier alpha value is -4.68. The maximum absolute atomic E-state index is 2.36. The largest absolute Gasteiger partial charge is 0.0876 e. The number of hydrogen-bond acceptors (Lipinski definition) is 0. The van der Waals surface area contributed by atoms with E-state index >= 15 is 0 Å². The normalized spacial score (nSPS) is 12.2. The van der Waals surface area contributed by atoms with E-state index in [4.69, 9.17) is 0 Å². The summed E-state index contributed by atoms with van der Waals surface area (Å²) in [5.74, 6) is 0. The summed E-state index contributed by atoms with van der Waals surface area (Å²) in [4.78, 5) is 0. The molecule has 0 nitrogen and oxygen atoms in total. The third kappa shape index (κ3) is 5.58. The molecule has 0 saturated carbocycles. The molecule has 0 spiro atoms. The highest BCUT2D eigenvalue weighted by atomic mass is 14.2. The van der Waals surface area contributed by atoms with Gasteiger partial charge in [-0.15, -0.1) is 0 Å². The van der Waals surface area contributed by atoms with Gasteiger partial charge in [-0.3, -0.25) is 0 Å². The van der Waals surface area contributed by atoms with Gasteiger partial charge in [-0.1, -0.05) is 160 Å². The highest BCUT2D eigenvalue weighted by molar-refractivity contribution is 6.23. The zero-order valence-corrected chi connectivity index (χ0v) is 25.5. The quantitative estimate of drug-likeness (QED) is 0.144. The standard InChI is InChI=1S/C40H34.C2H6/c1-4-6-15-30(26-28(3)5-2)31-18-13-19-32(27-31)39-35-21-9-11-23-37(35)40(38-24-12-10-22-36(38)39)34-25-14-17-29-16-7-8-20-33(29)34;1-2/h4,6-27H,5H2,1-3H3;1-2H3/b6-4-,28-26?,30-15+;. The molecule has 0 heterocycles. The smallest absolute Gasteiger partial charge is 0.00201 e. The van der Waals surface area contributed by atoms with E-state index in [-0.39, 0.29) is 0 Å². The lowest BCUT2D eigenvalue weighted by Crippen LogP contribution is -1.92. The fourth-order valence-electron chi connectivity index (χ4n) is 5.82. The molecule has 208 valence electrons. The zero-order chi connectivity index (χ0) is 29.5. The van der Waals surface area contributed by atoms with Crippen LogP contribution in [0.4, 0.5) is 0 Å². The van der Waals surface area contributed by atoms with Gasteiger partial charge in [0.2, 0.25) is 0 Å². The monoisotopic (exact) mass is 544 g/mol. The Morgan fingerprint density at radius 2 is 1.17 bits per heavy atom. The predicted molar refractivity (Wildman–Crippen MR) is 188 cm³/mol. The van der Waals surface area contributed by atoms with Crippen LogP contribution in [-0.4, -0.2) is 0 Å². The van der Waals surface area contributed by atoms with Crippen molar-refractivity contribution in [1.82, 2.24) is 0 Å². The molecule has 0 amide bonds. The van der Waals surface area contributed by atoms with Crippen molar-refractivity contribution in [2.45, 2.75) is 41.0 Å². The Morgan fingerprint density at radius 3 is 1.79 bits per heavy atom. The van der Waals surface area contributed by atoms with Crippen molar-refractivity contribution >= 4 is 37.9 Å². The molecule has 6 aromatic rings. The molecule has 0 heteroatoms. The van der Waals surface area contributed by atoms with Crippen LogP contribution in [-0.2, 0) is 0 Å². The second-order valence-electron chi connectivity index (χ2n) is 10.4. The summed E-state index contributed by atoms with van der Waals surface area (Å²) in [6.45, 7) is 10.5. The summed E-state index contributed by atoms with van der Waals surface area (Å²) in [5.41, 5.74) is 8.95. The summed E-state index contributed by atoms with van der Waals surface area (Å²) >= 11 is 0. The van der Waals surface area contributed by atoms with Gasteiger partial charge in [-0.25, -0.2) is 0 Å².